The molecule has 0 radical (unpaired) electrons. The van der Waals surface area contributed by atoms with Gasteiger partial charge in [0.15, 0.2) is 5.16 Å². The highest BCUT2D eigenvalue weighted by atomic mass is 35.5. The number of hydrogen-bond acceptors (Lipinski definition) is 4. The first-order valence-electron chi connectivity index (χ1n) is 8.48. The van der Waals surface area contributed by atoms with Crippen LogP contribution in [0.15, 0.2) is 28.2 Å². The summed E-state index contributed by atoms with van der Waals surface area (Å²) in [5.74, 6) is 0.336. The molecule has 1 heterocycles. The quantitative estimate of drug-likeness (QED) is 0.586. The summed E-state index contributed by atoms with van der Waals surface area (Å²) in [6.07, 6.45) is 0.808. The number of rotatable bonds is 7. The van der Waals surface area contributed by atoms with Crippen LogP contribution in [-0.2, 0) is 11.3 Å². The topological polar surface area (TPSA) is 64.0 Å². The van der Waals surface area contributed by atoms with E-state index in [0.29, 0.717) is 40.1 Å². The molecule has 0 bridgehead atoms. The van der Waals surface area contributed by atoms with Crippen LogP contribution in [0.25, 0.3) is 10.9 Å². The van der Waals surface area contributed by atoms with Crippen LogP contribution in [0, 0.1) is 5.92 Å². The van der Waals surface area contributed by atoms with E-state index >= 15 is 0 Å². The summed E-state index contributed by atoms with van der Waals surface area (Å²) in [7, 11) is 0. The van der Waals surface area contributed by atoms with Gasteiger partial charge >= 0.3 is 0 Å². The van der Waals surface area contributed by atoms with E-state index in [4.69, 9.17) is 11.6 Å². The van der Waals surface area contributed by atoms with Gasteiger partial charge in [-0.1, -0.05) is 44.1 Å². The fourth-order valence-electron chi connectivity index (χ4n) is 2.34. The minimum Gasteiger partial charge on any atom is -0.355 e. The lowest BCUT2D eigenvalue weighted by molar-refractivity contribution is -0.120. The third-order valence-electron chi connectivity index (χ3n) is 3.67. The van der Waals surface area contributed by atoms with Gasteiger partial charge in [-0.15, -0.1) is 0 Å². The van der Waals surface area contributed by atoms with Crippen molar-refractivity contribution in [2.45, 2.75) is 51.1 Å². The number of nitrogens with one attached hydrogen (secondary N) is 1. The van der Waals surface area contributed by atoms with Crippen LogP contribution >= 0.6 is 23.4 Å². The Morgan fingerprint density at radius 1 is 1.36 bits per heavy atom. The Labute approximate surface area is 157 Å². The van der Waals surface area contributed by atoms with E-state index in [2.05, 4.69) is 10.3 Å². The number of halogens is 1. The van der Waals surface area contributed by atoms with Crippen molar-refractivity contribution in [3.63, 3.8) is 0 Å². The highest BCUT2D eigenvalue weighted by Gasteiger charge is 2.19. The second kappa shape index (κ2) is 8.72. The van der Waals surface area contributed by atoms with Gasteiger partial charge in [0.25, 0.3) is 5.56 Å². The van der Waals surface area contributed by atoms with E-state index in [9.17, 15) is 9.59 Å². The van der Waals surface area contributed by atoms with Gasteiger partial charge < -0.3 is 5.32 Å². The number of hydrogen-bond donors (Lipinski definition) is 1. The monoisotopic (exact) mass is 381 g/mol. The maximum atomic E-state index is 12.8. The minimum atomic E-state index is -0.342. The predicted molar refractivity (Wildman–Crippen MR) is 104 cm³/mol. The Bertz CT molecular complexity index is 820. The van der Waals surface area contributed by atoms with E-state index < -0.39 is 0 Å². The summed E-state index contributed by atoms with van der Waals surface area (Å²) in [6, 6.07) is 5.08. The van der Waals surface area contributed by atoms with E-state index in [0.717, 1.165) is 6.42 Å². The molecule has 0 aliphatic rings. The fraction of sp³-hybridized carbons (Fsp3) is 0.500. The SMILES string of the molecule is CCCn1c(S[C@@H](C)C(=O)NCC(C)C)nc2cc(Cl)ccc2c1=O. The Morgan fingerprint density at radius 2 is 2.08 bits per heavy atom. The first-order chi connectivity index (χ1) is 11.8. The van der Waals surface area contributed by atoms with Gasteiger partial charge in [0.1, 0.15) is 0 Å². The molecule has 0 saturated heterocycles. The van der Waals surface area contributed by atoms with Crippen molar-refractivity contribution in [2.24, 2.45) is 5.92 Å². The van der Waals surface area contributed by atoms with E-state index in [-0.39, 0.29) is 16.7 Å². The maximum Gasteiger partial charge on any atom is 0.262 e. The third kappa shape index (κ3) is 4.98. The normalized spacial score (nSPS) is 12.6. The molecule has 2 rings (SSSR count). The van der Waals surface area contributed by atoms with Crippen molar-refractivity contribution in [1.29, 1.82) is 0 Å². The van der Waals surface area contributed by atoms with Gasteiger partial charge in [0, 0.05) is 18.1 Å². The van der Waals surface area contributed by atoms with Crippen molar-refractivity contribution in [1.82, 2.24) is 14.9 Å². The zero-order valence-electron chi connectivity index (χ0n) is 15.0. The molecule has 1 aromatic heterocycles. The number of benzene rings is 1. The summed E-state index contributed by atoms with van der Waals surface area (Å²) >= 11 is 7.33. The molecule has 1 amide bonds. The van der Waals surface area contributed by atoms with Gasteiger partial charge in [-0.25, -0.2) is 4.98 Å². The summed E-state index contributed by atoms with van der Waals surface area (Å²) in [6.45, 7) is 9.12. The highest BCUT2D eigenvalue weighted by molar-refractivity contribution is 8.00. The average molecular weight is 382 g/mol. The zero-order chi connectivity index (χ0) is 18.6. The first kappa shape index (κ1) is 19.8. The van der Waals surface area contributed by atoms with Crippen molar-refractivity contribution in [3.05, 3.63) is 33.6 Å². The molecule has 0 fully saturated rings. The minimum absolute atomic E-state index is 0.0535. The van der Waals surface area contributed by atoms with E-state index in [1.165, 1.54) is 11.8 Å². The van der Waals surface area contributed by atoms with Gasteiger partial charge in [0.2, 0.25) is 5.91 Å². The molecule has 0 aliphatic heterocycles. The number of thioether (sulfide) groups is 1. The molecule has 0 aliphatic carbocycles. The van der Waals surface area contributed by atoms with Crippen molar-refractivity contribution in [2.75, 3.05) is 6.54 Å². The second-order valence-electron chi connectivity index (χ2n) is 6.41. The standard InChI is InChI=1S/C18H24ClN3O2S/c1-5-8-22-17(24)14-7-6-13(19)9-15(14)21-18(22)25-12(4)16(23)20-10-11(2)3/h6-7,9,11-12H,5,8,10H2,1-4H3,(H,20,23)/t12-/m0/s1. The molecular formula is C18H24ClN3O2S. The number of carbonyl (C=O) groups excluding carboxylic acids is 1. The van der Waals surface area contributed by atoms with Crippen LogP contribution in [0.3, 0.4) is 0 Å². The maximum absolute atomic E-state index is 12.8. The Hall–Kier alpha value is -1.53. The number of nitrogens with zero attached hydrogens (tertiary/aromatic N) is 2. The molecule has 1 N–H and O–H groups in total. The first-order valence-corrected chi connectivity index (χ1v) is 9.73. The molecule has 2 aromatic rings. The number of fused-ring (bicyclic) bond motifs is 1. The number of carbonyl (C=O) groups is 1. The summed E-state index contributed by atoms with van der Waals surface area (Å²) in [4.78, 5) is 29.6. The molecule has 5 nitrogen and oxygen atoms in total. The van der Waals surface area contributed by atoms with Crippen LogP contribution in [0.1, 0.15) is 34.1 Å². The molecule has 25 heavy (non-hydrogen) atoms. The predicted octanol–water partition coefficient (Wildman–Crippen LogP) is 3.71. The molecule has 1 aromatic carbocycles. The van der Waals surface area contributed by atoms with Crippen LogP contribution in [0.4, 0.5) is 0 Å². The van der Waals surface area contributed by atoms with Crippen molar-refractivity contribution in [3.8, 4) is 0 Å². The smallest absolute Gasteiger partial charge is 0.262 e. The summed E-state index contributed by atoms with van der Waals surface area (Å²) in [5, 5.41) is 4.20. The van der Waals surface area contributed by atoms with Crippen molar-refractivity contribution >= 4 is 40.2 Å². The zero-order valence-corrected chi connectivity index (χ0v) is 16.6. The molecule has 1 atom stereocenters. The Morgan fingerprint density at radius 3 is 2.72 bits per heavy atom. The average Bonchev–Trinajstić information content (AvgIpc) is 2.55. The van der Waals surface area contributed by atoms with Crippen LogP contribution in [0.2, 0.25) is 5.02 Å². The fourth-order valence-corrected chi connectivity index (χ4v) is 3.47. The summed E-state index contributed by atoms with van der Waals surface area (Å²) < 4.78 is 1.65. The molecule has 0 unspecified atom stereocenters. The lowest BCUT2D eigenvalue weighted by Gasteiger charge is -2.16. The van der Waals surface area contributed by atoms with Gasteiger partial charge in [0.05, 0.1) is 16.2 Å². The van der Waals surface area contributed by atoms with Crippen LogP contribution in [-0.4, -0.2) is 27.3 Å². The highest BCUT2D eigenvalue weighted by Crippen LogP contribution is 2.24. The lowest BCUT2D eigenvalue weighted by Crippen LogP contribution is -2.34. The van der Waals surface area contributed by atoms with Gasteiger partial charge in [-0.3, -0.25) is 14.2 Å². The third-order valence-corrected chi connectivity index (χ3v) is 4.99. The van der Waals surface area contributed by atoms with E-state index in [1.54, 1.807) is 22.8 Å². The van der Waals surface area contributed by atoms with Gasteiger partial charge in [-0.2, -0.15) is 0 Å². The Kier molecular flexibility index (Phi) is 6.90. The molecule has 0 saturated carbocycles. The van der Waals surface area contributed by atoms with Crippen LogP contribution in [0.5, 0.6) is 0 Å². The molecule has 136 valence electrons. The lowest BCUT2D eigenvalue weighted by atomic mass is 10.2. The van der Waals surface area contributed by atoms with E-state index in [1.807, 2.05) is 27.7 Å². The number of amides is 1. The van der Waals surface area contributed by atoms with Crippen molar-refractivity contribution < 1.29 is 4.79 Å². The molecule has 0 spiro atoms. The number of aromatic nitrogens is 2. The van der Waals surface area contributed by atoms with Crippen LogP contribution < -0.4 is 10.9 Å². The summed E-state index contributed by atoms with van der Waals surface area (Å²) in [5.41, 5.74) is 0.461. The Balaban J connectivity index is 2.36. The molecule has 7 heteroatoms. The largest absolute Gasteiger partial charge is 0.355 e. The van der Waals surface area contributed by atoms with Gasteiger partial charge in [-0.05, 0) is 37.5 Å². The second-order valence-corrected chi connectivity index (χ2v) is 8.16. The molecular weight excluding hydrogens is 358 g/mol.